The maximum absolute atomic E-state index is 10.4. The maximum atomic E-state index is 10.4. The minimum Gasteiger partial charge on any atom is -0.388 e. The molecule has 0 fully saturated rings. The maximum Gasteiger partial charge on any atom is 0.0812 e. The van der Waals surface area contributed by atoms with Gasteiger partial charge in [-0.05, 0) is 37.7 Å². The quantitative estimate of drug-likeness (QED) is 0.787. The zero-order chi connectivity index (χ0) is 15.5. The summed E-state index contributed by atoms with van der Waals surface area (Å²) in [6, 6.07) is 2.15. The van der Waals surface area contributed by atoms with E-state index in [4.69, 9.17) is 9.47 Å². The van der Waals surface area contributed by atoms with Gasteiger partial charge in [-0.25, -0.2) is 0 Å². The van der Waals surface area contributed by atoms with Crippen LogP contribution in [0.15, 0.2) is 6.07 Å². The lowest BCUT2D eigenvalue weighted by Gasteiger charge is -2.34. The number of nitrogens with zero attached hydrogens (tertiary/aromatic N) is 1. The van der Waals surface area contributed by atoms with E-state index < -0.39 is 0 Å². The monoisotopic (exact) mass is 295 g/mol. The summed E-state index contributed by atoms with van der Waals surface area (Å²) < 4.78 is 12.9. The van der Waals surface area contributed by atoms with Crippen LogP contribution in [-0.4, -0.2) is 36.6 Å². The molecule has 1 atom stereocenters. The molecule has 1 aliphatic carbocycles. The fraction of sp³-hybridized carbons (Fsp3) is 0.765. The Kier molecular flexibility index (Phi) is 5.47. The molecular formula is C17H29NO3. The number of hydrogen-bond donors (Lipinski definition) is 1. The normalized spacial score (nSPS) is 20.5. The zero-order valence-electron chi connectivity index (χ0n) is 13.8. The topological polar surface area (TPSA) is 43.6 Å². The van der Waals surface area contributed by atoms with Crippen molar-refractivity contribution >= 4 is 0 Å². The average molecular weight is 295 g/mol. The van der Waals surface area contributed by atoms with E-state index in [1.54, 1.807) is 7.11 Å². The van der Waals surface area contributed by atoms with E-state index in [1.165, 1.54) is 11.4 Å². The Balaban J connectivity index is 1.98. The van der Waals surface area contributed by atoms with Gasteiger partial charge in [0.15, 0.2) is 0 Å². The minimum atomic E-state index is -0.318. The third-order valence-electron chi connectivity index (χ3n) is 4.30. The van der Waals surface area contributed by atoms with Gasteiger partial charge in [-0.1, -0.05) is 13.8 Å². The lowest BCUT2D eigenvalue weighted by Crippen LogP contribution is -2.27. The van der Waals surface area contributed by atoms with Crippen LogP contribution in [0.2, 0.25) is 0 Å². The number of aliphatic hydroxyl groups is 1. The first-order valence-corrected chi connectivity index (χ1v) is 7.88. The van der Waals surface area contributed by atoms with Crippen molar-refractivity contribution in [1.82, 2.24) is 4.57 Å². The van der Waals surface area contributed by atoms with Crippen LogP contribution < -0.4 is 0 Å². The standard InChI is InChI=1S/C17H29NO3/c1-13-10-14-15(11-17(2,3)12-16(14)19)18(13)6-5-7-21-9-8-20-4/h10,16,19H,5-9,11-12H2,1-4H3. The number of fused-ring (bicyclic) bond motifs is 1. The van der Waals surface area contributed by atoms with Gasteiger partial charge in [0.2, 0.25) is 0 Å². The summed E-state index contributed by atoms with van der Waals surface area (Å²) in [4.78, 5) is 0. The molecule has 1 aromatic heterocycles. The molecule has 0 bridgehead atoms. The Morgan fingerprint density at radius 3 is 2.81 bits per heavy atom. The van der Waals surface area contributed by atoms with Crippen LogP contribution in [0.1, 0.15) is 49.7 Å². The van der Waals surface area contributed by atoms with Crippen molar-refractivity contribution in [2.45, 2.75) is 52.7 Å². The summed E-state index contributed by atoms with van der Waals surface area (Å²) in [6.45, 7) is 9.62. The molecule has 1 aromatic rings. The van der Waals surface area contributed by atoms with Crippen molar-refractivity contribution in [2.75, 3.05) is 26.9 Å². The Labute approximate surface area is 128 Å². The van der Waals surface area contributed by atoms with Crippen molar-refractivity contribution in [2.24, 2.45) is 5.41 Å². The van der Waals surface area contributed by atoms with Crippen molar-refractivity contribution in [3.63, 3.8) is 0 Å². The molecule has 120 valence electrons. The molecule has 2 rings (SSSR count). The Morgan fingerprint density at radius 1 is 1.33 bits per heavy atom. The first-order valence-electron chi connectivity index (χ1n) is 7.88. The summed E-state index contributed by atoms with van der Waals surface area (Å²) >= 11 is 0. The van der Waals surface area contributed by atoms with Gasteiger partial charge in [-0.15, -0.1) is 0 Å². The predicted octanol–water partition coefficient (Wildman–Crippen LogP) is 2.86. The summed E-state index contributed by atoms with van der Waals surface area (Å²) in [5.41, 5.74) is 3.86. The summed E-state index contributed by atoms with van der Waals surface area (Å²) in [5, 5.41) is 10.4. The van der Waals surface area contributed by atoms with Gasteiger partial charge in [0.1, 0.15) is 0 Å². The largest absolute Gasteiger partial charge is 0.388 e. The van der Waals surface area contributed by atoms with Gasteiger partial charge in [0.05, 0.1) is 19.3 Å². The Hall–Kier alpha value is -0.840. The number of aliphatic hydroxyl groups excluding tert-OH is 1. The van der Waals surface area contributed by atoms with Crippen molar-refractivity contribution < 1.29 is 14.6 Å². The molecule has 0 saturated heterocycles. The lowest BCUT2D eigenvalue weighted by molar-refractivity contribution is 0.0675. The van der Waals surface area contributed by atoms with Gasteiger partial charge in [-0.2, -0.15) is 0 Å². The first-order chi connectivity index (χ1) is 9.94. The summed E-state index contributed by atoms with van der Waals surface area (Å²) in [6.07, 6.45) is 2.56. The smallest absolute Gasteiger partial charge is 0.0812 e. The van der Waals surface area contributed by atoms with Crippen LogP contribution in [0.5, 0.6) is 0 Å². The molecule has 0 radical (unpaired) electrons. The van der Waals surface area contributed by atoms with Crippen molar-refractivity contribution in [1.29, 1.82) is 0 Å². The van der Waals surface area contributed by atoms with E-state index in [0.717, 1.165) is 38.0 Å². The van der Waals surface area contributed by atoms with Crippen LogP contribution in [0, 0.1) is 12.3 Å². The highest BCUT2D eigenvalue weighted by molar-refractivity contribution is 5.33. The van der Waals surface area contributed by atoms with Crippen molar-refractivity contribution in [3.05, 3.63) is 23.0 Å². The summed E-state index contributed by atoms with van der Waals surface area (Å²) in [7, 11) is 1.69. The first kappa shape index (κ1) is 16.5. The third-order valence-corrected chi connectivity index (χ3v) is 4.30. The Morgan fingerprint density at radius 2 is 2.10 bits per heavy atom. The molecule has 21 heavy (non-hydrogen) atoms. The average Bonchev–Trinajstić information content (AvgIpc) is 2.69. The zero-order valence-corrected chi connectivity index (χ0v) is 13.8. The van der Waals surface area contributed by atoms with Gasteiger partial charge >= 0.3 is 0 Å². The molecule has 1 heterocycles. The van der Waals surface area contributed by atoms with Crippen LogP contribution >= 0.6 is 0 Å². The van der Waals surface area contributed by atoms with E-state index in [1.807, 2.05) is 0 Å². The molecule has 1 unspecified atom stereocenters. The molecular weight excluding hydrogens is 266 g/mol. The predicted molar refractivity (Wildman–Crippen MR) is 83.5 cm³/mol. The van der Waals surface area contributed by atoms with E-state index >= 15 is 0 Å². The van der Waals surface area contributed by atoms with Crippen molar-refractivity contribution in [3.8, 4) is 0 Å². The van der Waals surface area contributed by atoms with Gasteiger partial charge in [0.25, 0.3) is 0 Å². The fourth-order valence-corrected chi connectivity index (χ4v) is 3.28. The molecule has 0 spiro atoms. The van der Waals surface area contributed by atoms with Crippen LogP contribution in [0.25, 0.3) is 0 Å². The van der Waals surface area contributed by atoms with E-state index in [9.17, 15) is 5.11 Å². The number of ether oxygens (including phenoxy) is 2. The molecule has 4 nitrogen and oxygen atoms in total. The van der Waals surface area contributed by atoms with Gasteiger partial charge in [-0.3, -0.25) is 0 Å². The SMILES string of the molecule is COCCOCCCn1c(C)cc2c1CC(C)(C)CC2O. The fourth-order valence-electron chi connectivity index (χ4n) is 3.28. The van der Waals surface area contributed by atoms with Gasteiger partial charge < -0.3 is 19.1 Å². The highest BCUT2D eigenvalue weighted by Crippen LogP contribution is 2.41. The third kappa shape index (κ3) is 4.09. The lowest BCUT2D eigenvalue weighted by atomic mass is 9.75. The molecule has 4 heteroatoms. The number of rotatable bonds is 7. The molecule has 0 aromatic carbocycles. The molecule has 1 aliphatic rings. The van der Waals surface area contributed by atoms with E-state index in [0.29, 0.717) is 13.2 Å². The molecule has 0 aliphatic heterocycles. The van der Waals surface area contributed by atoms with Crippen LogP contribution in [0.3, 0.4) is 0 Å². The van der Waals surface area contributed by atoms with E-state index in [2.05, 4.69) is 31.4 Å². The second-order valence-corrected chi connectivity index (χ2v) is 6.86. The molecule has 0 amide bonds. The highest BCUT2D eigenvalue weighted by Gasteiger charge is 2.33. The number of hydrogen-bond acceptors (Lipinski definition) is 3. The minimum absolute atomic E-state index is 0.171. The van der Waals surface area contributed by atoms with Crippen LogP contribution in [-0.2, 0) is 22.4 Å². The molecule has 1 N–H and O–H groups in total. The molecule has 0 saturated carbocycles. The summed E-state index contributed by atoms with van der Waals surface area (Å²) in [5.74, 6) is 0. The number of methoxy groups -OCH3 is 1. The highest BCUT2D eigenvalue weighted by atomic mass is 16.5. The van der Waals surface area contributed by atoms with Crippen LogP contribution in [0.4, 0.5) is 0 Å². The van der Waals surface area contributed by atoms with Gasteiger partial charge in [0, 0.05) is 37.2 Å². The second-order valence-electron chi connectivity index (χ2n) is 6.86. The Bertz CT molecular complexity index is 465. The second kappa shape index (κ2) is 6.95. The van der Waals surface area contributed by atoms with E-state index in [-0.39, 0.29) is 11.5 Å². The number of aromatic nitrogens is 1. The number of aryl methyl sites for hydroxylation is 1.